The molecule has 1 unspecified atom stereocenters. The van der Waals surface area contributed by atoms with Crippen LogP contribution >= 0.6 is 0 Å². The number of hydrogen-bond acceptors (Lipinski definition) is 5. The van der Waals surface area contributed by atoms with Crippen LogP contribution in [0.5, 0.6) is 5.75 Å². The lowest BCUT2D eigenvalue weighted by Gasteiger charge is -2.23. The number of fused-ring (bicyclic) bond motifs is 4. The van der Waals surface area contributed by atoms with E-state index in [9.17, 15) is 14.0 Å². The smallest absolute Gasteiger partial charge is 0.264 e. The van der Waals surface area contributed by atoms with Crippen molar-refractivity contribution in [3.8, 4) is 5.75 Å². The van der Waals surface area contributed by atoms with Crippen LogP contribution in [0.3, 0.4) is 0 Å². The number of benzene rings is 3. The number of H-pyrrole nitrogens is 1. The normalized spacial score (nSPS) is 17.2. The Kier molecular flexibility index (Phi) is 4.49. The SMILES string of the molecule is COc1ccc2c(c1)C(N)(C(=O)c1cc3c(cn1)[nH]c1ccccc13)C(=O)N2c1ccccc1F. The number of para-hydroxylation sites is 2. The first kappa shape index (κ1) is 21.0. The molecule has 0 aliphatic carbocycles. The average Bonchev–Trinajstić information content (AvgIpc) is 3.36. The van der Waals surface area contributed by atoms with E-state index in [1.54, 1.807) is 30.5 Å². The number of carbonyl (C=O) groups excluding carboxylic acids is 2. The van der Waals surface area contributed by atoms with Crippen molar-refractivity contribution >= 4 is 44.9 Å². The van der Waals surface area contributed by atoms with Crippen molar-refractivity contribution in [2.24, 2.45) is 5.73 Å². The molecule has 0 radical (unpaired) electrons. The molecule has 6 rings (SSSR count). The number of nitrogens with zero attached hydrogens (tertiary/aromatic N) is 2. The predicted octanol–water partition coefficient (Wildman–Crippen LogP) is 4.58. The molecule has 0 fully saturated rings. The number of anilines is 2. The Labute approximate surface area is 198 Å². The summed E-state index contributed by atoms with van der Waals surface area (Å²) in [5.41, 5.74) is 6.74. The first-order valence-corrected chi connectivity index (χ1v) is 10.9. The maximum Gasteiger partial charge on any atom is 0.264 e. The van der Waals surface area contributed by atoms with Crippen molar-refractivity contribution < 1.29 is 18.7 Å². The number of carbonyl (C=O) groups is 2. The largest absolute Gasteiger partial charge is 0.497 e. The molecule has 1 aliphatic rings. The molecular weight excluding hydrogens is 447 g/mol. The summed E-state index contributed by atoms with van der Waals surface area (Å²) in [7, 11) is 1.47. The van der Waals surface area contributed by atoms with E-state index >= 15 is 0 Å². The fourth-order valence-electron chi connectivity index (χ4n) is 4.72. The Balaban J connectivity index is 1.55. The van der Waals surface area contributed by atoms with E-state index in [1.807, 2.05) is 24.3 Å². The zero-order valence-corrected chi connectivity index (χ0v) is 18.6. The number of nitrogens with one attached hydrogen (secondary N) is 1. The summed E-state index contributed by atoms with van der Waals surface area (Å²) >= 11 is 0. The van der Waals surface area contributed by atoms with Crippen LogP contribution in [0.25, 0.3) is 21.8 Å². The molecular formula is C27H19FN4O3. The van der Waals surface area contributed by atoms with Gasteiger partial charge in [0.2, 0.25) is 5.78 Å². The van der Waals surface area contributed by atoms with Crippen molar-refractivity contribution in [2.75, 3.05) is 12.0 Å². The molecule has 3 aromatic carbocycles. The molecule has 8 heteroatoms. The summed E-state index contributed by atoms with van der Waals surface area (Å²) in [5.74, 6) is -1.66. The summed E-state index contributed by atoms with van der Waals surface area (Å²) in [6.07, 6.45) is 1.55. The molecule has 5 aromatic rings. The van der Waals surface area contributed by atoms with E-state index in [0.29, 0.717) is 11.4 Å². The standard InChI is InChI=1S/C27H19FN4O3/c1-35-15-10-11-23-18(12-15)27(29,26(34)32(23)24-9-5-3-7-19(24)28)25(33)21-13-17-16-6-2-4-8-20(16)31-22(17)14-30-21/h2-14,31H,29H2,1H3. The van der Waals surface area contributed by atoms with Gasteiger partial charge in [-0.25, -0.2) is 4.39 Å². The van der Waals surface area contributed by atoms with Crippen molar-refractivity contribution in [3.05, 3.63) is 96.1 Å². The number of rotatable bonds is 4. The van der Waals surface area contributed by atoms with Gasteiger partial charge < -0.3 is 15.5 Å². The van der Waals surface area contributed by atoms with Gasteiger partial charge in [0, 0.05) is 21.9 Å². The maximum atomic E-state index is 14.8. The number of aromatic amines is 1. The lowest BCUT2D eigenvalue weighted by atomic mass is 9.86. The number of Topliss-reactive ketones (excluding diaryl/α,β-unsaturated/α-hetero) is 1. The third kappa shape index (κ3) is 2.90. The topological polar surface area (TPSA) is 101 Å². The van der Waals surface area contributed by atoms with Crippen LogP contribution in [0, 0.1) is 5.82 Å². The van der Waals surface area contributed by atoms with E-state index in [0.717, 1.165) is 26.7 Å². The van der Waals surface area contributed by atoms with Gasteiger partial charge in [-0.2, -0.15) is 0 Å². The molecule has 172 valence electrons. The van der Waals surface area contributed by atoms with Gasteiger partial charge in [-0.1, -0.05) is 30.3 Å². The third-order valence-electron chi connectivity index (χ3n) is 6.48. The molecule has 1 aliphatic heterocycles. The second-order valence-electron chi connectivity index (χ2n) is 8.40. The van der Waals surface area contributed by atoms with Gasteiger partial charge in [0.05, 0.1) is 30.2 Å². The number of pyridine rings is 1. The van der Waals surface area contributed by atoms with Gasteiger partial charge in [0.25, 0.3) is 5.91 Å². The Hall–Kier alpha value is -4.56. The highest BCUT2D eigenvalue weighted by molar-refractivity contribution is 6.28. The molecule has 0 spiro atoms. The highest BCUT2D eigenvalue weighted by Crippen LogP contribution is 2.46. The zero-order chi connectivity index (χ0) is 24.3. The monoisotopic (exact) mass is 466 g/mol. The van der Waals surface area contributed by atoms with E-state index in [1.165, 1.54) is 31.4 Å². The van der Waals surface area contributed by atoms with Gasteiger partial charge in [-0.15, -0.1) is 0 Å². The van der Waals surface area contributed by atoms with Crippen LogP contribution in [0.15, 0.2) is 79.0 Å². The van der Waals surface area contributed by atoms with Crippen molar-refractivity contribution in [1.29, 1.82) is 0 Å². The van der Waals surface area contributed by atoms with Crippen LogP contribution in [0.4, 0.5) is 15.8 Å². The molecule has 3 N–H and O–H groups in total. The molecule has 1 atom stereocenters. The second kappa shape index (κ2) is 7.48. The fraction of sp³-hybridized carbons (Fsp3) is 0.0741. The number of aromatic nitrogens is 2. The van der Waals surface area contributed by atoms with E-state index in [-0.39, 0.29) is 16.9 Å². The lowest BCUT2D eigenvalue weighted by Crippen LogP contribution is -2.52. The van der Waals surface area contributed by atoms with Crippen molar-refractivity contribution in [1.82, 2.24) is 9.97 Å². The number of hydrogen-bond donors (Lipinski definition) is 2. The summed E-state index contributed by atoms with van der Waals surface area (Å²) in [4.78, 5) is 36.5. The number of nitrogens with two attached hydrogens (primary N) is 1. The minimum Gasteiger partial charge on any atom is -0.497 e. The Bertz CT molecular complexity index is 1680. The molecule has 35 heavy (non-hydrogen) atoms. The van der Waals surface area contributed by atoms with Gasteiger partial charge >= 0.3 is 0 Å². The molecule has 1 amide bonds. The summed E-state index contributed by atoms with van der Waals surface area (Å²) in [6.45, 7) is 0. The van der Waals surface area contributed by atoms with Crippen LogP contribution in [-0.2, 0) is 10.3 Å². The maximum absolute atomic E-state index is 14.8. The zero-order valence-electron chi connectivity index (χ0n) is 18.6. The summed E-state index contributed by atoms with van der Waals surface area (Å²) in [5, 5.41) is 1.70. The van der Waals surface area contributed by atoms with Gasteiger partial charge in [0.1, 0.15) is 17.3 Å². The van der Waals surface area contributed by atoms with E-state index < -0.39 is 23.0 Å². The number of halogens is 1. The van der Waals surface area contributed by atoms with Crippen molar-refractivity contribution in [3.63, 3.8) is 0 Å². The highest BCUT2D eigenvalue weighted by atomic mass is 19.1. The number of ether oxygens (including phenoxy) is 1. The molecule has 0 saturated heterocycles. The molecule has 7 nitrogen and oxygen atoms in total. The highest BCUT2D eigenvalue weighted by Gasteiger charge is 2.55. The predicted molar refractivity (Wildman–Crippen MR) is 130 cm³/mol. The average molecular weight is 466 g/mol. The molecule has 0 saturated carbocycles. The first-order chi connectivity index (χ1) is 16.9. The summed E-state index contributed by atoms with van der Waals surface area (Å²) in [6, 6.07) is 19.9. The van der Waals surface area contributed by atoms with Gasteiger partial charge in [-0.3, -0.25) is 19.5 Å². The fourth-order valence-corrected chi connectivity index (χ4v) is 4.72. The first-order valence-electron chi connectivity index (χ1n) is 10.9. The summed E-state index contributed by atoms with van der Waals surface area (Å²) < 4.78 is 20.1. The minimum atomic E-state index is -2.13. The van der Waals surface area contributed by atoms with Gasteiger partial charge in [-0.05, 0) is 42.5 Å². The number of amides is 1. The Morgan fingerprint density at radius 2 is 1.77 bits per heavy atom. The molecule has 3 heterocycles. The Morgan fingerprint density at radius 3 is 2.57 bits per heavy atom. The van der Waals surface area contributed by atoms with E-state index in [2.05, 4.69) is 9.97 Å². The molecule has 0 bridgehead atoms. The van der Waals surface area contributed by atoms with Crippen LogP contribution in [0.1, 0.15) is 16.1 Å². The van der Waals surface area contributed by atoms with E-state index in [4.69, 9.17) is 10.5 Å². The second-order valence-corrected chi connectivity index (χ2v) is 8.40. The van der Waals surface area contributed by atoms with Crippen molar-refractivity contribution in [2.45, 2.75) is 5.54 Å². The third-order valence-corrected chi connectivity index (χ3v) is 6.48. The quantitative estimate of drug-likeness (QED) is 0.298. The Morgan fingerprint density at radius 1 is 1.00 bits per heavy atom. The number of methoxy groups -OCH3 is 1. The number of ketones is 1. The minimum absolute atomic E-state index is 0.00378. The lowest BCUT2D eigenvalue weighted by molar-refractivity contribution is -0.120. The van der Waals surface area contributed by atoms with Crippen LogP contribution in [0.2, 0.25) is 0 Å². The van der Waals surface area contributed by atoms with Crippen LogP contribution in [-0.4, -0.2) is 28.8 Å². The van der Waals surface area contributed by atoms with Crippen LogP contribution < -0.4 is 15.4 Å². The molecule has 2 aromatic heterocycles. The van der Waals surface area contributed by atoms with Gasteiger partial charge in [0.15, 0.2) is 5.54 Å².